The van der Waals surface area contributed by atoms with Gasteiger partial charge in [-0.15, -0.1) is 0 Å². The van der Waals surface area contributed by atoms with E-state index in [0.29, 0.717) is 6.42 Å². The fraction of sp³-hybridized carbons (Fsp3) is 0.929. The Hall–Kier alpha value is -0.610. The summed E-state index contributed by atoms with van der Waals surface area (Å²) in [5.41, 5.74) is 5.27. The quantitative estimate of drug-likeness (QED) is 0.785. The van der Waals surface area contributed by atoms with Crippen LogP contribution < -0.4 is 5.73 Å². The van der Waals surface area contributed by atoms with Crippen molar-refractivity contribution in [3.63, 3.8) is 0 Å². The summed E-state index contributed by atoms with van der Waals surface area (Å²) in [6.07, 6.45) is 1.91. The second kappa shape index (κ2) is 4.82. The van der Waals surface area contributed by atoms with E-state index in [-0.39, 0.29) is 23.0 Å². The van der Waals surface area contributed by atoms with Gasteiger partial charge in [0.2, 0.25) is 0 Å². The second-order valence-corrected chi connectivity index (χ2v) is 6.47. The molecule has 0 aromatic carbocycles. The van der Waals surface area contributed by atoms with Crippen LogP contribution in [0, 0.1) is 5.41 Å². The molecule has 1 heterocycles. The van der Waals surface area contributed by atoms with Gasteiger partial charge >= 0.3 is 5.97 Å². The number of carbonyl (C=O) groups excluding carboxylic acids is 1. The van der Waals surface area contributed by atoms with Gasteiger partial charge in [0.25, 0.3) is 0 Å². The molecule has 1 saturated heterocycles. The predicted molar refractivity (Wildman–Crippen MR) is 71.2 cm³/mol. The number of rotatable bonds is 4. The summed E-state index contributed by atoms with van der Waals surface area (Å²) < 4.78 is 11.0. The van der Waals surface area contributed by atoms with E-state index < -0.39 is 5.60 Å². The van der Waals surface area contributed by atoms with E-state index in [2.05, 4.69) is 13.8 Å². The number of nitrogens with two attached hydrogens (primary N) is 1. The smallest absolute Gasteiger partial charge is 0.306 e. The van der Waals surface area contributed by atoms with Gasteiger partial charge in [-0.2, -0.15) is 0 Å². The standard InChI is InChI=1S/C14H27NO3/c1-7-10(15)14(8-11(16)17-6)9-12(2,3)18-13(14,4)5/h10H,7-9,15H2,1-6H3. The minimum atomic E-state index is -0.430. The molecule has 0 aromatic rings. The van der Waals surface area contributed by atoms with Crippen molar-refractivity contribution in [1.29, 1.82) is 0 Å². The van der Waals surface area contributed by atoms with E-state index in [9.17, 15) is 4.79 Å². The van der Waals surface area contributed by atoms with E-state index in [4.69, 9.17) is 15.2 Å². The molecule has 18 heavy (non-hydrogen) atoms. The molecule has 1 fully saturated rings. The third-order valence-corrected chi connectivity index (χ3v) is 4.31. The maximum absolute atomic E-state index is 11.8. The highest BCUT2D eigenvalue weighted by Gasteiger charge is 2.60. The predicted octanol–water partition coefficient (Wildman–Crippen LogP) is 2.25. The molecule has 4 heteroatoms. The van der Waals surface area contributed by atoms with Crippen molar-refractivity contribution in [3.05, 3.63) is 0 Å². The lowest BCUT2D eigenvalue weighted by molar-refractivity contribution is -0.149. The van der Waals surface area contributed by atoms with Crippen molar-refractivity contribution in [1.82, 2.24) is 0 Å². The minimum Gasteiger partial charge on any atom is -0.469 e. The fourth-order valence-electron chi connectivity index (χ4n) is 3.51. The number of carbonyl (C=O) groups is 1. The number of ether oxygens (including phenoxy) is 2. The Kier molecular flexibility index (Phi) is 4.13. The highest BCUT2D eigenvalue weighted by atomic mass is 16.5. The first-order chi connectivity index (χ1) is 8.10. The van der Waals surface area contributed by atoms with E-state index in [1.54, 1.807) is 0 Å². The van der Waals surface area contributed by atoms with Crippen LogP contribution in [0.25, 0.3) is 0 Å². The Balaban J connectivity index is 3.16. The van der Waals surface area contributed by atoms with E-state index in [0.717, 1.165) is 12.8 Å². The molecule has 1 aliphatic rings. The van der Waals surface area contributed by atoms with Gasteiger partial charge in [0, 0.05) is 11.5 Å². The number of hydrogen-bond donors (Lipinski definition) is 1. The van der Waals surface area contributed by atoms with E-state index in [1.807, 2.05) is 20.8 Å². The molecular weight excluding hydrogens is 230 g/mol. The zero-order valence-corrected chi connectivity index (χ0v) is 12.5. The summed E-state index contributed by atoms with van der Waals surface area (Å²) in [6, 6.07) is -0.0756. The van der Waals surface area contributed by atoms with Crippen molar-refractivity contribution in [2.75, 3.05) is 7.11 Å². The molecule has 0 radical (unpaired) electrons. The molecule has 4 nitrogen and oxygen atoms in total. The largest absolute Gasteiger partial charge is 0.469 e. The van der Waals surface area contributed by atoms with Gasteiger partial charge in [0.1, 0.15) is 0 Å². The number of esters is 1. The monoisotopic (exact) mass is 257 g/mol. The Morgan fingerprint density at radius 2 is 1.94 bits per heavy atom. The first-order valence-electron chi connectivity index (χ1n) is 6.63. The molecule has 0 amide bonds. The molecular formula is C14H27NO3. The molecule has 2 atom stereocenters. The lowest BCUT2D eigenvalue weighted by atomic mass is 9.63. The van der Waals surface area contributed by atoms with Crippen molar-refractivity contribution < 1.29 is 14.3 Å². The van der Waals surface area contributed by atoms with Crippen molar-refractivity contribution in [2.24, 2.45) is 11.1 Å². The van der Waals surface area contributed by atoms with E-state index >= 15 is 0 Å². The summed E-state index contributed by atoms with van der Waals surface area (Å²) in [5, 5.41) is 0. The van der Waals surface area contributed by atoms with Gasteiger partial charge in [0.05, 0.1) is 24.7 Å². The zero-order valence-electron chi connectivity index (χ0n) is 12.5. The summed E-state index contributed by atoms with van der Waals surface area (Å²) in [5.74, 6) is -0.215. The van der Waals surface area contributed by atoms with Gasteiger partial charge < -0.3 is 15.2 Å². The third-order valence-electron chi connectivity index (χ3n) is 4.31. The molecule has 0 aliphatic carbocycles. The molecule has 2 N–H and O–H groups in total. The summed E-state index contributed by atoms with van der Waals surface area (Å²) in [6.45, 7) is 10.2. The van der Waals surface area contributed by atoms with Crippen LogP contribution >= 0.6 is 0 Å². The maximum atomic E-state index is 11.8. The zero-order chi connectivity index (χ0) is 14.2. The SMILES string of the molecule is CCC(N)C1(CC(=O)OC)CC(C)(C)OC1(C)C. The van der Waals surface area contributed by atoms with Crippen molar-refractivity contribution in [3.8, 4) is 0 Å². The normalized spacial score (nSPS) is 31.1. The average molecular weight is 257 g/mol. The lowest BCUT2D eigenvalue weighted by Crippen LogP contribution is -2.53. The number of methoxy groups -OCH3 is 1. The van der Waals surface area contributed by atoms with Crippen LogP contribution in [0.2, 0.25) is 0 Å². The summed E-state index contributed by atoms with van der Waals surface area (Å²) in [4.78, 5) is 11.8. The van der Waals surface area contributed by atoms with Crippen LogP contribution in [0.5, 0.6) is 0 Å². The second-order valence-electron chi connectivity index (χ2n) is 6.47. The first kappa shape index (κ1) is 15.4. The fourth-order valence-corrected chi connectivity index (χ4v) is 3.51. The Morgan fingerprint density at radius 1 is 1.39 bits per heavy atom. The molecule has 0 aromatic heterocycles. The van der Waals surface area contributed by atoms with Crippen LogP contribution in [-0.2, 0) is 14.3 Å². The summed E-state index contributed by atoms with van der Waals surface area (Å²) >= 11 is 0. The molecule has 0 saturated carbocycles. The minimum absolute atomic E-state index is 0.0756. The third kappa shape index (κ3) is 2.54. The maximum Gasteiger partial charge on any atom is 0.306 e. The van der Waals surface area contributed by atoms with Gasteiger partial charge in [0.15, 0.2) is 0 Å². The molecule has 1 rings (SSSR count). The van der Waals surface area contributed by atoms with Crippen LogP contribution in [0.1, 0.15) is 53.9 Å². The van der Waals surface area contributed by atoms with Crippen LogP contribution in [0.4, 0.5) is 0 Å². The molecule has 2 unspecified atom stereocenters. The highest BCUT2D eigenvalue weighted by molar-refractivity contribution is 5.70. The van der Waals surface area contributed by atoms with Gasteiger partial charge in [-0.05, 0) is 40.5 Å². The van der Waals surface area contributed by atoms with Gasteiger partial charge in [-0.25, -0.2) is 0 Å². The molecule has 106 valence electrons. The van der Waals surface area contributed by atoms with Gasteiger partial charge in [-0.1, -0.05) is 6.92 Å². The van der Waals surface area contributed by atoms with Crippen molar-refractivity contribution >= 4 is 5.97 Å². The Labute approximate surface area is 110 Å². The highest BCUT2D eigenvalue weighted by Crippen LogP contribution is 2.55. The van der Waals surface area contributed by atoms with Crippen molar-refractivity contribution in [2.45, 2.75) is 71.1 Å². The first-order valence-corrected chi connectivity index (χ1v) is 6.63. The van der Waals surface area contributed by atoms with Crippen LogP contribution in [0.3, 0.4) is 0 Å². The summed E-state index contributed by atoms with van der Waals surface area (Å²) in [7, 11) is 1.42. The molecule has 1 aliphatic heterocycles. The van der Waals surface area contributed by atoms with Crippen LogP contribution in [0.15, 0.2) is 0 Å². The average Bonchev–Trinajstić information content (AvgIpc) is 2.42. The van der Waals surface area contributed by atoms with Crippen LogP contribution in [-0.4, -0.2) is 30.3 Å². The van der Waals surface area contributed by atoms with E-state index in [1.165, 1.54) is 7.11 Å². The number of hydrogen-bond acceptors (Lipinski definition) is 4. The molecule has 0 spiro atoms. The Bertz CT molecular complexity index is 325. The Morgan fingerprint density at radius 3 is 2.28 bits per heavy atom. The molecule has 0 bridgehead atoms. The topological polar surface area (TPSA) is 61.6 Å². The van der Waals surface area contributed by atoms with Gasteiger partial charge in [-0.3, -0.25) is 4.79 Å². The lowest BCUT2D eigenvalue weighted by Gasteiger charge is -2.43.